The first kappa shape index (κ1) is 12.7. The van der Waals surface area contributed by atoms with Crippen molar-refractivity contribution in [2.24, 2.45) is 0 Å². The van der Waals surface area contributed by atoms with Crippen LogP contribution < -0.4 is 5.32 Å². The van der Waals surface area contributed by atoms with Crippen molar-refractivity contribution < 1.29 is 0 Å². The van der Waals surface area contributed by atoms with Gasteiger partial charge in [0.2, 0.25) is 0 Å². The average molecular weight is 271 g/mol. The van der Waals surface area contributed by atoms with E-state index in [1.165, 1.54) is 55.6 Å². The molecule has 2 saturated heterocycles. The number of nitrogens with one attached hydrogen (secondary N) is 1. The summed E-state index contributed by atoms with van der Waals surface area (Å²) in [6, 6.07) is 8.65. The van der Waals surface area contributed by atoms with E-state index >= 15 is 0 Å². The number of hydrogen-bond acceptors (Lipinski definition) is 3. The van der Waals surface area contributed by atoms with Crippen molar-refractivity contribution in [1.29, 1.82) is 0 Å². The number of anilines is 1. The van der Waals surface area contributed by atoms with Crippen molar-refractivity contribution in [3.63, 3.8) is 0 Å². The van der Waals surface area contributed by atoms with Gasteiger partial charge in [-0.25, -0.2) is 0 Å². The minimum Gasteiger partial charge on any atom is -0.384 e. The molecule has 0 spiro atoms. The van der Waals surface area contributed by atoms with Crippen LogP contribution in [-0.4, -0.2) is 48.6 Å². The van der Waals surface area contributed by atoms with Gasteiger partial charge < -0.3 is 5.32 Å². The molecule has 0 saturated carbocycles. The zero-order valence-electron chi connectivity index (χ0n) is 12.4. The summed E-state index contributed by atoms with van der Waals surface area (Å²) in [4.78, 5) is 5.29. The quantitative estimate of drug-likeness (QED) is 0.890. The predicted octanol–water partition coefficient (Wildman–Crippen LogP) is 2.32. The molecule has 2 unspecified atom stereocenters. The van der Waals surface area contributed by atoms with Crippen LogP contribution in [0.3, 0.4) is 0 Å². The molecule has 1 aromatic carbocycles. The highest BCUT2D eigenvalue weighted by Crippen LogP contribution is 2.30. The number of nitrogens with zero attached hydrogens (tertiary/aromatic N) is 2. The molecule has 1 aromatic rings. The van der Waals surface area contributed by atoms with Crippen LogP contribution in [0.2, 0.25) is 0 Å². The van der Waals surface area contributed by atoms with Gasteiger partial charge in [-0.2, -0.15) is 0 Å². The summed E-state index contributed by atoms with van der Waals surface area (Å²) in [5.41, 5.74) is 4.33. The van der Waals surface area contributed by atoms with Crippen LogP contribution in [0.4, 0.5) is 5.69 Å². The van der Waals surface area contributed by atoms with Crippen LogP contribution in [0.25, 0.3) is 0 Å². The summed E-state index contributed by atoms with van der Waals surface area (Å²) in [6.45, 7) is 4.73. The first-order valence-electron chi connectivity index (χ1n) is 8.09. The van der Waals surface area contributed by atoms with Crippen LogP contribution in [0.1, 0.15) is 30.4 Å². The maximum Gasteiger partial charge on any atom is 0.0376 e. The Hall–Kier alpha value is -1.06. The van der Waals surface area contributed by atoms with E-state index in [1.807, 2.05) is 0 Å². The number of likely N-dealkylation sites (N-methyl/N-ethyl adjacent to an activating group) is 1. The second-order valence-corrected chi connectivity index (χ2v) is 6.74. The standard InChI is InChI=1S/C17H25N3/c1-19-15-4-5-16(19)12-20(9-7-15)11-13-2-3-14-6-8-18-17(14)10-13/h2-3,10,15-16,18H,4-9,11-12H2,1H3. The SMILES string of the molecule is CN1C2CCC1CN(Cc1ccc3c(c1)NCC3)CC2. The Labute approximate surface area is 121 Å². The van der Waals surface area contributed by atoms with Gasteiger partial charge in [0.05, 0.1) is 0 Å². The maximum absolute atomic E-state index is 3.50. The van der Waals surface area contributed by atoms with Gasteiger partial charge in [0.25, 0.3) is 0 Å². The smallest absolute Gasteiger partial charge is 0.0376 e. The van der Waals surface area contributed by atoms with E-state index in [0.29, 0.717) is 0 Å². The molecule has 3 aliphatic heterocycles. The molecule has 20 heavy (non-hydrogen) atoms. The average Bonchev–Trinajstić information content (AvgIpc) is 2.98. The summed E-state index contributed by atoms with van der Waals surface area (Å²) in [6.07, 6.45) is 5.34. The lowest BCUT2D eigenvalue weighted by Gasteiger charge is -2.25. The van der Waals surface area contributed by atoms with Crippen molar-refractivity contribution >= 4 is 5.69 Å². The third kappa shape index (κ3) is 2.23. The largest absolute Gasteiger partial charge is 0.384 e. The molecule has 0 radical (unpaired) electrons. The van der Waals surface area contributed by atoms with E-state index < -0.39 is 0 Å². The molecule has 3 aliphatic rings. The third-order valence-electron chi connectivity index (χ3n) is 5.52. The highest BCUT2D eigenvalue weighted by molar-refractivity contribution is 5.57. The van der Waals surface area contributed by atoms with E-state index in [2.05, 4.69) is 40.4 Å². The Morgan fingerprint density at radius 1 is 1.20 bits per heavy atom. The van der Waals surface area contributed by atoms with Crippen molar-refractivity contribution in [3.05, 3.63) is 29.3 Å². The summed E-state index contributed by atoms with van der Waals surface area (Å²) in [7, 11) is 2.32. The Morgan fingerprint density at radius 2 is 2.10 bits per heavy atom. The number of hydrogen-bond donors (Lipinski definition) is 1. The second-order valence-electron chi connectivity index (χ2n) is 6.74. The van der Waals surface area contributed by atoms with E-state index in [9.17, 15) is 0 Å². The molecule has 108 valence electrons. The molecular formula is C17H25N3. The van der Waals surface area contributed by atoms with E-state index in [-0.39, 0.29) is 0 Å². The van der Waals surface area contributed by atoms with Crippen molar-refractivity contribution in [2.45, 2.75) is 44.3 Å². The lowest BCUT2D eigenvalue weighted by molar-refractivity contribution is 0.214. The minimum atomic E-state index is 0.787. The van der Waals surface area contributed by atoms with Gasteiger partial charge in [-0.05, 0) is 49.9 Å². The monoisotopic (exact) mass is 271 g/mol. The normalized spacial score (nSPS) is 30.1. The van der Waals surface area contributed by atoms with Gasteiger partial charge >= 0.3 is 0 Å². The molecule has 4 rings (SSSR count). The summed E-state index contributed by atoms with van der Waals surface area (Å²) >= 11 is 0. The van der Waals surface area contributed by atoms with E-state index in [0.717, 1.165) is 25.2 Å². The molecular weight excluding hydrogens is 246 g/mol. The van der Waals surface area contributed by atoms with Crippen molar-refractivity contribution in [3.8, 4) is 0 Å². The Kier molecular flexibility index (Phi) is 3.20. The summed E-state index contributed by atoms with van der Waals surface area (Å²) < 4.78 is 0. The van der Waals surface area contributed by atoms with Crippen LogP contribution in [-0.2, 0) is 13.0 Å². The highest BCUT2D eigenvalue weighted by Gasteiger charge is 2.34. The van der Waals surface area contributed by atoms with Crippen molar-refractivity contribution in [2.75, 3.05) is 32.0 Å². The van der Waals surface area contributed by atoms with Gasteiger partial charge in [0.15, 0.2) is 0 Å². The van der Waals surface area contributed by atoms with Gasteiger partial charge in [-0.15, -0.1) is 0 Å². The predicted molar refractivity (Wildman–Crippen MR) is 83.1 cm³/mol. The fourth-order valence-electron chi connectivity index (χ4n) is 4.22. The van der Waals surface area contributed by atoms with Gasteiger partial charge in [0, 0.05) is 44.0 Å². The second kappa shape index (κ2) is 5.05. The molecule has 3 heterocycles. The lowest BCUT2D eigenvalue weighted by Crippen LogP contribution is -2.36. The van der Waals surface area contributed by atoms with E-state index in [4.69, 9.17) is 0 Å². The van der Waals surface area contributed by atoms with Gasteiger partial charge in [-0.1, -0.05) is 12.1 Å². The summed E-state index contributed by atoms with van der Waals surface area (Å²) in [5, 5.41) is 3.50. The van der Waals surface area contributed by atoms with Crippen molar-refractivity contribution in [1.82, 2.24) is 9.80 Å². The molecule has 2 atom stereocenters. The molecule has 1 N–H and O–H groups in total. The molecule has 0 aromatic heterocycles. The van der Waals surface area contributed by atoms with Gasteiger partial charge in [-0.3, -0.25) is 9.80 Å². The third-order valence-corrected chi connectivity index (χ3v) is 5.52. The maximum atomic E-state index is 3.50. The van der Waals surface area contributed by atoms with Crippen LogP contribution in [0.5, 0.6) is 0 Å². The number of rotatable bonds is 2. The lowest BCUT2D eigenvalue weighted by atomic mass is 10.1. The van der Waals surface area contributed by atoms with E-state index in [1.54, 1.807) is 0 Å². The van der Waals surface area contributed by atoms with Crippen LogP contribution >= 0.6 is 0 Å². The number of likely N-dealkylation sites (tertiary alicyclic amines) is 1. The Bertz CT molecular complexity index is 499. The number of benzene rings is 1. The molecule has 2 bridgehead atoms. The minimum absolute atomic E-state index is 0.787. The molecule has 3 heteroatoms. The molecule has 0 aliphatic carbocycles. The van der Waals surface area contributed by atoms with Crippen LogP contribution in [0, 0.1) is 0 Å². The first-order chi connectivity index (χ1) is 9.79. The molecule has 0 amide bonds. The summed E-state index contributed by atoms with van der Waals surface area (Å²) in [5.74, 6) is 0. The fourth-order valence-corrected chi connectivity index (χ4v) is 4.22. The first-order valence-corrected chi connectivity index (χ1v) is 8.09. The van der Waals surface area contributed by atoms with Gasteiger partial charge in [0.1, 0.15) is 0 Å². The Morgan fingerprint density at radius 3 is 3.05 bits per heavy atom. The fraction of sp³-hybridized carbons (Fsp3) is 0.647. The topological polar surface area (TPSA) is 18.5 Å². The highest BCUT2D eigenvalue weighted by atomic mass is 15.3. The zero-order chi connectivity index (χ0) is 13.5. The Balaban J connectivity index is 1.46. The number of fused-ring (bicyclic) bond motifs is 3. The van der Waals surface area contributed by atoms with Crippen LogP contribution in [0.15, 0.2) is 18.2 Å². The zero-order valence-corrected chi connectivity index (χ0v) is 12.4. The molecule has 3 nitrogen and oxygen atoms in total. The molecule has 2 fully saturated rings.